The number of rotatable bonds is 9. The molecule has 3 rings (SSSR count). The summed E-state index contributed by atoms with van der Waals surface area (Å²) in [7, 11) is 0. The van der Waals surface area contributed by atoms with Gasteiger partial charge in [-0.2, -0.15) is 0 Å². The molecule has 0 saturated heterocycles. The summed E-state index contributed by atoms with van der Waals surface area (Å²) in [6, 6.07) is 7.21. The average molecular weight is 610 g/mol. The Labute approximate surface area is 238 Å². The Morgan fingerprint density at radius 1 is 0.944 bits per heavy atom. The van der Waals surface area contributed by atoms with Crippen molar-refractivity contribution < 1.29 is 9.59 Å². The molecule has 0 unspecified atom stereocenters. The van der Waals surface area contributed by atoms with Crippen molar-refractivity contribution in [2.24, 2.45) is 5.92 Å². The number of anilines is 1. The minimum absolute atomic E-state index is 0.00386. The molecule has 0 saturated carbocycles. The van der Waals surface area contributed by atoms with E-state index in [0.29, 0.717) is 43.8 Å². The zero-order valence-electron chi connectivity index (χ0n) is 19.4. The molecule has 2 N–H and O–H groups in total. The summed E-state index contributed by atoms with van der Waals surface area (Å²) >= 11 is 31.3. The second-order valence-electron chi connectivity index (χ2n) is 7.99. The van der Waals surface area contributed by atoms with Crippen molar-refractivity contribution in [3.8, 4) is 0 Å². The molecular weight excluding hydrogens is 588 g/mol. The van der Waals surface area contributed by atoms with Gasteiger partial charge < -0.3 is 15.2 Å². The molecule has 2 aromatic carbocycles. The van der Waals surface area contributed by atoms with Gasteiger partial charge in [0, 0.05) is 12.1 Å². The molecule has 3 aromatic rings. The fraction of sp³-hybridized carbons (Fsp3) is 0.304. The van der Waals surface area contributed by atoms with Crippen LogP contribution < -0.4 is 10.6 Å². The van der Waals surface area contributed by atoms with Crippen LogP contribution in [0.2, 0.25) is 25.1 Å². The summed E-state index contributed by atoms with van der Waals surface area (Å²) in [6.07, 6.45) is 0. The second-order valence-corrected chi connectivity index (χ2v) is 11.0. The number of nitrogens with one attached hydrogen (secondary N) is 2. The maximum atomic E-state index is 12.9. The monoisotopic (exact) mass is 607 g/mol. The van der Waals surface area contributed by atoms with Crippen molar-refractivity contribution in [3.05, 3.63) is 66.8 Å². The number of thioether (sulfide) groups is 1. The number of benzene rings is 2. The molecule has 36 heavy (non-hydrogen) atoms. The van der Waals surface area contributed by atoms with Gasteiger partial charge in [-0.1, -0.05) is 83.6 Å². The highest BCUT2D eigenvalue weighted by molar-refractivity contribution is 7.99. The van der Waals surface area contributed by atoms with Gasteiger partial charge in [-0.3, -0.25) is 9.59 Å². The quantitative estimate of drug-likeness (QED) is 0.195. The molecule has 0 aliphatic carbocycles. The molecule has 1 aromatic heterocycles. The minimum atomic E-state index is -0.433. The molecule has 0 radical (unpaired) electrons. The normalized spacial score (nSPS) is 12.0. The van der Waals surface area contributed by atoms with E-state index in [1.165, 1.54) is 30.0 Å². The number of nitrogens with zero attached hydrogens (tertiary/aromatic N) is 3. The first kappa shape index (κ1) is 28.9. The summed E-state index contributed by atoms with van der Waals surface area (Å²) < 4.78 is 1.86. The van der Waals surface area contributed by atoms with Crippen LogP contribution in [0.5, 0.6) is 0 Å². The van der Waals surface area contributed by atoms with Crippen LogP contribution in [-0.2, 0) is 11.3 Å². The van der Waals surface area contributed by atoms with E-state index in [9.17, 15) is 9.59 Å². The molecule has 1 heterocycles. The van der Waals surface area contributed by atoms with Crippen LogP contribution in [0.4, 0.5) is 5.69 Å². The van der Waals surface area contributed by atoms with Crippen molar-refractivity contribution in [2.75, 3.05) is 11.1 Å². The van der Waals surface area contributed by atoms with Gasteiger partial charge in [0.15, 0.2) is 11.0 Å². The van der Waals surface area contributed by atoms with Gasteiger partial charge in [-0.25, -0.2) is 0 Å². The number of hydrogen-bond acceptors (Lipinski definition) is 5. The van der Waals surface area contributed by atoms with Gasteiger partial charge in [0.05, 0.1) is 42.6 Å². The van der Waals surface area contributed by atoms with Crippen molar-refractivity contribution in [1.29, 1.82) is 0 Å². The molecule has 0 spiro atoms. The van der Waals surface area contributed by atoms with Crippen LogP contribution in [0.25, 0.3) is 0 Å². The third kappa shape index (κ3) is 7.00. The summed E-state index contributed by atoms with van der Waals surface area (Å²) in [5, 5.41) is 16.4. The van der Waals surface area contributed by atoms with Crippen LogP contribution in [0.1, 0.15) is 43.0 Å². The summed E-state index contributed by atoms with van der Waals surface area (Å²) in [6.45, 7) is 6.41. The Bertz CT molecular complexity index is 1280. The standard InChI is InChI=1S/C23H22Cl5N5O2S/c1-4-33-21(20(11(2)3)30-22(35)12-5-6-13(24)14(25)7-12)31-32-23(33)36-10-19(34)29-18-9-16(27)15(26)8-17(18)28/h5-9,11,20H,4,10H2,1-3H3,(H,29,34)(H,30,35)/t20-/m1/s1. The first-order valence-electron chi connectivity index (χ1n) is 10.8. The highest BCUT2D eigenvalue weighted by Crippen LogP contribution is 2.33. The molecule has 0 aliphatic rings. The van der Waals surface area contributed by atoms with E-state index in [1.54, 1.807) is 12.1 Å². The van der Waals surface area contributed by atoms with Gasteiger partial charge in [0.1, 0.15) is 0 Å². The first-order chi connectivity index (χ1) is 17.0. The van der Waals surface area contributed by atoms with Crippen LogP contribution in [0.15, 0.2) is 35.5 Å². The number of carbonyl (C=O) groups is 2. The zero-order chi connectivity index (χ0) is 26.6. The van der Waals surface area contributed by atoms with E-state index < -0.39 is 6.04 Å². The average Bonchev–Trinajstić information content (AvgIpc) is 3.23. The van der Waals surface area contributed by atoms with E-state index in [4.69, 9.17) is 58.0 Å². The fourth-order valence-corrected chi connectivity index (χ4v) is 4.96. The SMILES string of the molecule is CCn1c(SCC(=O)Nc2cc(Cl)c(Cl)cc2Cl)nnc1[C@H](NC(=O)c1ccc(Cl)c(Cl)c1)C(C)C. The van der Waals surface area contributed by atoms with Gasteiger partial charge in [0.2, 0.25) is 5.91 Å². The zero-order valence-corrected chi connectivity index (χ0v) is 24.0. The largest absolute Gasteiger partial charge is 0.342 e. The van der Waals surface area contributed by atoms with Crippen molar-refractivity contribution >= 4 is 87.3 Å². The lowest BCUT2D eigenvalue weighted by Crippen LogP contribution is -2.33. The summed E-state index contributed by atoms with van der Waals surface area (Å²) in [5.41, 5.74) is 0.740. The first-order valence-corrected chi connectivity index (χ1v) is 13.7. The Kier molecular flexibility index (Phi) is 10.2. The molecule has 1 atom stereocenters. The van der Waals surface area contributed by atoms with Crippen LogP contribution in [0, 0.1) is 5.92 Å². The Balaban J connectivity index is 1.73. The number of aromatic nitrogens is 3. The van der Waals surface area contributed by atoms with Gasteiger partial charge >= 0.3 is 0 Å². The van der Waals surface area contributed by atoms with Crippen molar-refractivity contribution in [3.63, 3.8) is 0 Å². The van der Waals surface area contributed by atoms with Crippen molar-refractivity contribution in [1.82, 2.24) is 20.1 Å². The van der Waals surface area contributed by atoms with E-state index in [0.717, 1.165) is 0 Å². The summed E-state index contributed by atoms with van der Waals surface area (Å²) in [5.74, 6) is 0.0165. The number of amides is 2. The van der Waals surface area contributed by atoms with E-state index in [-0.39, 0.29) is 33.5 Å². The maximum Gasteiger partial charge on any atom is 0.251 e. The maximum absolute atomic E-state index is 12.9. The van der Waals surface area contributed by atoms with Gasteiger partial charge in [-0.15, -0.1) is 10.2 Å². The fourth-order valence-electron chi connectivity index (χ4n) is 3.26. The molecular formula is C23H22Cl5N5O2S. The van der Waals surface area contributed by atoms with E-state index >= 15 is 0 Å². The van der Waals surface area contributed by atoms with Crippen LogP contribution in [-0.4, -0.2) is 32.3 Å². The highest BCUT2D eigenvalue weighted by Gasteiger charge is 2.26. The number of carbonyl (C=O) groups excluding carboxylic acids is 2. The van der Waals surface area contributed by atoms with Gasteiger partial charge in [0.25, 0.3) is 5.91 Å². The Morgan fingerprint density at radius 3 is 2.25 bits per heavy atom. The van der Waals surface area contributed by atoms with Gasteiger partial charge in [-0.05, 0) is 43.2 Å². The molecule has 0 fully saturated rings. The van der Waals surface area contributed by atoms with Crippen LogP contribution >= 0.6 is 69.8 Å². The molecule has 0 bridgehead atoms. The summed E-state index contributed by atoms with van der Waals surface area (Å²) in [4.78, 5) is 25.4. The molecule has 13 heteroatoms. The lowest BCUT2D eigenvalue weighted by Gasteiger charge is -2.22. The molecule has 192 valence electrons. The van der Waals surface area contributed by atoms with Crippen LogP contribution in [0.3, 0.4) is 0 Å². The predicted octanol–water partition coefficient (Wildman–Crippen LogP) is 7.42. The van der Waals surface area contributed by atoms with E-state index in [1.807, 2.05) is 25.3 Å². The highest BCUT2D eigenvalue weighted by atomic mass is 35.5. The second kappa shape index (κ2) is 12.7. The lowest BCUT2D eigenvalue weighted by molar-refractivity contribution is -0.113. The molecule has 2 amide bonds. The predicted molar refractivity (Wildman–Crippen MR) is 148 cm³/mol. The smallest absolute Gasteiger partial charge is 0.251 e. The minimum Gasteiger partial charge on any atom is -0.342 e. The third-order valence-electron chi connectivity index (χ3n) is 5.09. The number of hydrogen-bond donors (Lipinski definition) is 2. The topological polar surface area (TPSA) is 88.9 Å². The third-order valence-corrected chi connectivity index (χ3v) is 7.83. The Morgan fingerprint density at radius 2 is 1.61 bits per heavy atom. The Hall–Kier alpha value is -1.68. The van der Waals surface area contributed by atoms with E-state index in [2.05, 4.69) is 20.8 Å². The lowest BCUT2D eigenvalue weighted by atomic mass is 10.0. The molecule has 7 nitrogen and oxygen atoms in total. The molecule has 0 aliphatic heterocycles. The van der Waals surface area contributed by atoms with Crippen molar-refractivity contribution in [2.45, 2.75) is 38.5 Å². The number of halogens is 5.